The van der Waals surface area contributed by atoms with Gasteiger partial charge < -0.3 is 19.3 Å². The van der Waals surface area contributed by atoms with Gasteiger partial charge in [-0.25, -0.2) is 13.2 Å². The maximum absolute atomic E-state index is 12.9. The highest BCUT2D eigenvalue weighted by molar-refractivity contribution is 7.91. The van der Waals surface area contributed by atoms with Crippen molar-refractivity contribution in [2.24, 2.45) is 0 Å². The number of piperidine rings is 1. The third kappa shape index (κ3) is 4.87. The van der Waals surface area contributed by atoms with Crippen molar-refractivity contribution in [2.45, 2.75) is 29.9 Å². The molecule has 0 bridgehead atoms. The second-order valence-electron chi connectivity index (χ2n) is 7.82. The fraction of sp³-hybridized carbons (Fsp3) is 0.429. The summed E-state index contributed by atoms with van der Waals surface area (Å²) in [4.78, 5) is 28.8. The molecule has 172 valence electrons. The van der Waals surface area contributed by atoms with Gasteiger partial charge in [-0.05, 0) is 25.0 Å². The average Bonchev–Trinajstić information content (AvgIpc) is 3.35. The molecule has 4 rings (SSSR count). The third-order valence-corrected chi connectivity index (χ3v) is 8.42. The van der Waals surface area contributed by atoms with Crippen LogP contribution in [-0.4, -0.2) is 74.9 Å². The number of carbonyl (C=O) groups is 2. The second-order valence-corrected chi connectivity index (χ2v) is 11.1. The first-order valence-electron chi connectivity index (χ1n) is 10.2. The predicted molar refractivity (Wildman–Crippen MR) is 120 cm³/mol. The number of carbonyl (C=O) groups excluding carboxylic acids is 2. The van der Waals surface area contributed by atoms with Crippen LogP contribution in [0.3, 0.4) is 0 Å². The molecule has 1 aromatic heterocycles. The Bertz CT molecular complexity index is 1100. The first-order valence-corrected chi connectivity index (χ1v) is 13.3. The molecule has 0 N–H and O–H groups in total. The zero-order valence-corrected chi connectivity index (χ0v) is 19.8. The van der Waals surface area contributed by atoms with E-state index in [0.717, 1.165) is 23.3 Å². The van der Waals surface area contributed by atoms with Crippen molar-refractivity contribution < 1.29 is 27.5 Å². The maximum atomic E-state index is 12.9. The summed E-state index contributed by atoms with van der Waals surface area (Å²) in [5.74, 6) is 0.437. The highest BCUT2D eigenvalue weighted by Gasteiger charge is 2.38. The van der Waals surface area contributed by atoms with E-state index in [1.165, 1.54) is 5.38 Å². The van der Waals surface area contributed by atoms with Crippen LogP contribution in [0.25, 0.3) is 0 Å². The van der Waals surface area contributed by atoms with Crippen molar-refractivity contribution >= 4 is 44.8 Å². The van der Waals surface area contributed by atoms with Crippen molar-refractivity contribution in [3.63, 3.8) is 0 Å². The number of amides is 2. The number of likely N-dealkylation sites (tertiary alicyclic amines) is 1. The van der Waals surface area contributed by atoms with Crippen LogP contribution in [0.4, 0.5) is 4.79 Å². The third-order valence-electron chi connectivity index (χ3n) is 5.57. The van der Waals surface area contributed by atoms with Gasteiger partial charge in [-0.1, -0.05) is 29.8 Å². The molecule has 2 saturated heterocycles. The van der Waals surface area contributed by atoms with E-state index >= 15 is 0 Å². The molecule has 0 spiro atoms. The van der Waals surface area contributed by atoms with Crippen LogP contribution in [0.15, 0.2) is 40.6 Å². The first kappa shape index (κ1) is 22.9. The van der Waals surface area contributed by atoms with E-state index < -0.39 is 9.84 Å². The Morgan fingerprint density at radius 3 is 2.56 bits per heavy atom. The molecule has 2 aliphatic heterocycles. The van der Waals surface area contributed by atoms with Gasteiger partial charge in [0.1, 0.15) is 17.2 Å². The van der Waals surface area contributed by atoms with E-state index in [2.05, 4.69) is 0 Å². The number of hydrogen-bond acceptors (Lipinski definition) is 7. The molecule has 11 heteroatoms. The van der Waals surface area contributed by atoms with E-state index in [1.54, 1.807) is 9.80 Å². The van der Waals surface area contributed by atoms with Crippen LogP contribution < -0.4 is 4.74 Å². The predicted octanol–water partition coefficient (Wildman–Crippen LogP) is 3.31. The Balaban J connectivity index is 1.31. The largest absolute Gasteiger partial charge is 0.490 e. The molecule has 0 radical (unpaired) electrons. The number of thiophene rings is 1. The minimum absolute atomic E-state index is 0.0194. The van der Waals surface area contributed by atoms with Crippen molar-refractivity contribution in [1.29, 1.82) is 0 Å². The van der Waals surface area contributed by atoms with Gasteiger partial charge in [-0.15, -0.1) is 11.3 Å². The number of sulfone groups is 1. The molecule has 2 aromatic rings. The van der Waals surface area contributed by atoms with Gasteiger partial charge in [0.05, 0.1) is 16.5 Å². The van der Waals surface area contributed by atoms with Gasteiger partial charge in [0.2, 0.25) is 0 Å². The Morgan fingerprint density at radius 2 is 1.94 bits per heavy atom. The standard InChI is InChI=1S/C21H23ClN2O6S2/c1-32(27,28)17-13-31-19(18(17)22)20(25)23-9-7-14(8-10-23)24-11-16(30-21(24)26)12-29-15-5-3-2-4-6-15/h2-6,13-14,16H,7-12H2,1H3. The molecule has 1 aromatic carbocycles. The Labute approximate surface area is 195 Å². The number of benzene rings is 1. The molecule has 2 fully saturated rings. The SMILES string of the molecule is CS(=O)(=O)c1csc(C(=O)N2CCC(N3CC(COc4ccccc4)OC3=O)CC2)c1Cl. The van der Waals surface area contributed by atoms with Crippen LogP contribution in [0.2, 0.25) is 5.02 Å². The van der Waals surface area contributed by atoms with Gasteiger partial charge in [-0.3, -0.25) is 4.79 Å². The van der Waals surface area contributed by atoms with E-state index in [1.807, 2.05) is 30.3 Å². The summed E-state index contributed by atoms with van der Waals surface area (Å²) in [5, 5.41) is 1.38. The van der Waals surface area contributed by atoms with Crippen molar-refractivity contribution in [3.8, 4) is 5.75 Å². The van der Waals surface area contributed by atoms with Crippen LogP contribution in [0, 0.1) is 0 Å². The highest BCUT2D eigenvalue weighted by atomic mass is 35.5. The lowest BCUT2D eigenvalue weighted by molar-refractivity contribution is 0.0663. The number of rotatable bonds is 6. The molecule has 1 atom stereocenters. The second kappa shape index (κ2) is 9.29. The highest BCUT2D eigenvalue weighted by Crippen LogP contribution is 2.33. The molecule has 32 heavy (non-hydrogen) atoms. The summed E-state index contributed by atoms with van der Waals surface area (Å²) < 4.78 is 34.7. The van der Waals surface area contributed by atoms with Gasteiger partial charge in [0.25, 0.3) is 5.91 Å². The Hall–Kier alpha value is -2.30. The molecule has 0 aliphatic carbocycles. The van der Waals surface area contributed by atoms with E-state index in [0.29, 0.717) is 32.5 Å². The Kier molecular flexibility index (Phi) is 6.64. The van der Waals surface area contributed by atoms with Crippen LogP contribution in [0.1, 0.15) is 22.5 Å². The lowest BCUT2D eigenvalue weighted by Crippen LogP contribution is -2.47. The van der Waals surface area contributed by atoms with Crippen LogP contribution in [-0.2, 0) is 14.6 Å². The van der Waals surface area contributed by atoms with E-state index in [-0.39, 0.29) is 45.5 Å². The van der Waals surface area contributed by atoms with Crippen molar-refractivity contribution in [2.75, 3.05) is 32.5 Å². The normalized spacial score (nSPS) is 19.8. The first-order chi connectivity index (χ1) is 15.2. The molecular weight excluding hydrogens is 476 g/mol. The number of cyclic esters (lactones) is 1. The molecular formula is C21H23ClN2O6S2. The van der Waals surface area contributed by atoms with Gasteiger partial charge in [0.15, 0.2) is 15.9 Å². The zero-order valence-electron chi connectivity index (χ0n) is 17.4. The number of ether oxygens (including phenoxy) is 2. The summed E-state index contributed by atoms with van der Waals surface area (Å²) in [6.07, 6.45) is 1.56. The van der Waals surface area contributed by atoms with Crippen molar-refractivity contribution in [1.82, 2.24) is 9.80 Å². The smallest absolute Gasteiger partial charge is 0.410 e. The maximum Gasteiger partial charge on any atom is 0.410 e. The zero-order chi connectivity index (χ0) is 22.9. The monoisotopic (exact) mass is 498 g/mol. The Morgan fingerprint density at radius 1 is 1.25 bits per heavy atom. The fourth-order valence-electron chi connectivity index (χ4n) is 3.88. The van der Waals surface area contributed by atoms with Gasteiger partial charge in [-0.2, -0.15) is 0 Å². The van der Waals surface area contributed by atoms with Gasteiger partial charge >= 0.3 is 6.09 Å². The summed E-state index contributed by atoms with van der Waals surface area (Å²) in [5.41, 5.74) is 0. The topological polar surface area (TPSA) is 93.2 Å². The van der Waals surface area contributed by atoms with Crippen LogP contribution >= 0.6 is 22.9 Å². The minimum Gasteiger partial charge on any atom is -0.490 e. The number of halogens is 1. The summed E-state index contributed by atoms with van der Waals surface area (Å²) >= 11 is 7.20. The summed E-state index contributed by atoms with van der Waals surface area (Å²) in [6, 6.07) is 9.32. The number of nitrogens with zero attached hydrogens (tertiary/aromatic N) is 2. The van der Waals surface area contributed by atoms with E-state index in [4.69, 9.17) is 21.1 Å². The molecule has 8 nitrogen and oxygen atoms in total. The molecule has 3 heterocycles. The quantitative estimate of drug-likeness (QED) is 0.606. The summed E-state index contributed by atoms with van der Waals surface area (Å²) in [6.45, 7) is 1.61. The van der Waals surface area contributed by atoms with Crippen LogP contribution in [0.5, 0.6) is 5.75 Å². The molecule has 2 amide bonds. The van der Waals surface area contributed by atoms with E-state index in [9.17, 15) is 18.0 Å². The lowest BCUT2D eigenvalue weighted by Gasteiger charge is -2.35. The van der Waals surface area contributed by atoms with Crippen molar-refractivity contribution in [3.05, 3.63) is 45.6 Å². The van der Waals surface area contributed by atoms with Gasteiger partial charge in [0, 0.05) is 30.8 Å². The average molecular weight is 499 g/mol. The fourth-order valence-corrected chi connectivity index (χ4v) is 6.75. The lowest BCUT2D eigenvalue weighted by atomic mass is 10.0. The minimum atomic E-state index is -3.49. The number of hydrogen-bond donors (Lipinski definition) is 0. The summed E-state index contributed by atoms with van der Waals surface area (Å²) in [7, 11) is -3.49. The molecule has 1 unspecified atom stereocenters. The molecule has 0 saturated carbocycles. The molecule has 2 aliphatic rings. The number of para-hydroxylation sites is 1.